The van der Waals surface area contributed by atoms with E-state index in [0.717, 1.165) is 16.5 Å². The number of nitrogens with one attached hydrogen (secondary N) is 2. The predicted octanol–water partition coefficient (Wildman–Crippen LogP) is 2.71. The highest BCUT2D eigenvalue weighted by molar-refractivity contribution is 5.91. The molecular formula is C23H36N4O2. The number of carbonyl (C=O) groups is 2. The van der Waals surface area contributed by atoms with E-state index in [2.05, 4.69) is 33.5 Å². The van der Waals surface area contributed by atoms with Crippen LogP contribution in [0, 0.1) is 5.41 Å². The van der Waals surface area contributed by atoms with Crippen LogP contribution >= 0.6 is 0 Å². The van der Waals surface area contributed by atoms with Crippen LogP contribution in [0.15, 0.2) is 30.5 Å². The van der Waals surface area contributed by atoms with Crippen molar-refractivity contribution in [2.24, 2.45) is 12.5 Å². The Morgan fingerprint density at radius 2 is 1.79 bits per heavy atom. The average molecular weight is 401 g/mol. The number of hydrogen-bond donors (Lipinski definition) is 2. The van der Waals surface area contributed by atoms with Gasteiger partial charge in [0.1, 0.15) is 6.04 Å². The third-order valence-corrected chi connectivity index (χ3v) is 5.59. The quantitative estimate of drug-likeness (QED) is 0.751. The maximum Gasteiger partial charge on any atom is 0.245 e. The topological polar surface area (TPSA) is 66.4 Å². The van der Waals surface area contributed by atoms with Gasteiger partial charge in [0.05, 0.1) is 6.04 Å². The molecule has 2 amide bonds. The summed E-state index contributed by atoms with van der Waals surface area (Å²) >= 11 is 0. The van der Waals surface area contributed by atoms with Gasteiger partial charge in [0.2, 0.25) is 11.8 Å². The fraction of sp³-hybridized carbons (Fsp3) is 0.565. The normalized spacial score (nSPS) is 14.1. The Balaban J connectivity index is 2.23. The number of carbonyl (C=O) groups excluding carboxylic acids is 2. The molecule has 1 aromatic carbocycles. The van der Waals surface area contributed by atoms with Gasteiger partial charge in [-0.1, -0.05) is 39.0 Å². The molecule has 0 saturated carbocycles. The Kier molecular flexibility index (Phi) is 7.11. The van der Waals surface area contributed by atoms with Crippen molar-refractivity contribution in [2.45, 2.75) is 59.2 Å². The summed E-state index contributed by atoms with van der Waals surface area (Å²) in [6, 6.07) is 7.22. The lowest BCUT2D eigenvalue weighted by Gasteiger charge is -2.35. The molecule has 2 aromatic rings. The van der Waals surface area contributed by atoms with E-state index in [-0.39, 0.29) is 17.9 Å². The molecule has 2 rings (SSSR count). The Bertz CT molecular complexity index is 863. The number of para-hydroxylation sites is 1. The number of rotatable bonds is 7. The molecule has 0 aliphatic rings. The second-order valence-corrected chi connectivity index (χ2v) is 9.18. The van der Waals surface area contributed by atoms with Gasteiger partial charge in [-0.2, -0.15) is 0 Å². The van der Waals surface area contributed by atoms with Gasteiger partial charge in [-0.15, -0.1) is 0 Å². The molecule has 1 aromatic heterocycles. The van der Waals surface area contributed by atoms with Crippen LogP contribution in [0.2, 0.25) is 0 Å². The lowest BCUT2D eigenvalue weighted by Crippen LogP contribution is -2.58. The van der Waals surface area contributed by atoms with Gasteiger partial charge in [0.25, 0.3) is 0 Å². The summed E-state index contributed by atoms with van der Waals surface area (Å²) in [4.78, 5) is 27.8. The maximum atomic E-state index is 13.1. The van der Waals surface area contributed by atoms with Crippen LogP contribution in [-0.4, -0.2) is 53.5 Å². The van der Waals surface area contributed by atoms with Crippen LogP contribution in [0.25, 0.3) is 10.9 Å². The molecule has 0 bridgehead atoms. The molecule has 0 aliphatic heterocycles. The molecule has 0 radical (unpaired) electrons. The number of nitrogens with zero attached hydrogens (tertiary/aromatic N) is 2. The lowest BCUT2D eigenvalue weighted by atomic mass is 9.85. The van der Waals surface area contributed by atoms with Crippen molar-refractivity contribution in [3.63, 3.8) is 0 Å². The van der Waals surface area contributed by atoms with Gasteiger partial charge in [-0.25, -0.2) is 0 Å². The molecule has 2 atom stereocenters. The van der Waals surface area contributed by atoms with Gasteiger partial charge in [-0.3, -0.25) is 9.59 Å². The molecule has 0 fully saturated rings. The molecule has 2 N–H and O–H groups in total. The Morgan fingerprint density at radius 1 is 1.17 bits per heavy atom. The van der Waals surface area contributed by atoms with Crippen molar-refractivity contribution in [3.05, 3.63) is 36.0 Å². The SMILES string of the molecule is CNC(Cc1cn(C)c2ccccc12)C(=O)NC(C(=O)N(C)C(C)C)C(C)(C)C. The highest BCUT2D eigenvalue weighted by Gasteiger charge is 2.36. The molecule has 0 spiro atoms. The predicted molar refractivity (Wildman–Crippen MR) is 119 cm³/mol. The molecule has 29 heavy (non-hydrogen) atoms. The van der Waals surface area contributed by atoms with Crippen LogP contribution in [0.4, 0.5) is 0 Å². The second-order valence-electron chi connectivity index (χ2n) is 9.18. The first-order chi connectivity index (χ1) is 13.5. The standard InChI is InChI=1S/C23H36N4O2/c1-15(2)27(8)22(29)20(23(3,4)5)25-21(28)18(24-6)13-16-14-26(7)19-12-10-9-11-17(16)19/h9-12,14-15,18,20,24H,13H2,1-8H3,(H,25,28). The molecule has 6 nitrogen and oxygen atoms in total. The number of aromatic nitrogens is 1. The van der Waals surface area contributed by atoms with Crippen molar-refractivity contribution in [3.8, 4) is 0 Å². The molecular weight excluding hydrogens is 364 g/mol. The van der Waals surface area contributed by atoms with Gasteiger partial charge < -0.3 is 20.1 Å². The van der Waals surface area contributed by atoms with Gasteiger partial charge in [0.15, 0.2) is 0 Å². The Morgan fingerprint density at radius 3 is 2.34 bits per heavy atom. The summed E-state index contributed by atoms with van der Waals surface area (Å²) in [7, 11) is 5.57. The number of amides is 2. The monoisotopic (exact) mass is 400 g/mol. The summed E-state index contributed by atoms with van der Waals surface area (Å²) in [6.45, 7) is 9.86. The number of hydrogen-bond acceptors (Lipinski definition) is 3. The average Bonchev–Trinajstić information content (AvgIpc) is 2.97. The van der Waals surface area contributed by atoms with Crippen LogP contribution in [-0.2, 0) is 23.1 Å². The van der Waals surface area contributed by atoms with E-state index >= 15 is 0 Å². The largest absolute Gasteiger partial charge is 0.350 e. The van der Waals surface area contributed by atoms with E-state index in [0.29, 0.717) is 6.42 Å². The zero-order valence-electron chi connectivity index (χ0n) is 19.0. The molecule has 1 heterocycles. The molecule has 160 valence electrons. The van der Waals surface area contributed by atoms with Crippen molar-refractivity contribution in [2.75, 3.05) is 14.1 Å². The third-order valence-electron chi connectivity index (χ3n) is 5.59. The van der Waals surface area contributed by atoms with E-state index in [9.17, 15) is 9.59 Å². The summed E-state index contributed by atoms with van der Waals surface area (Å²) < 4.78 is 2.08. The van der Waals surface area contributed by atoms with E-state index < -0.39 is 17.5 Å². The van der Waals surface area contributed by atoms with E-state index in [4.69, 9.17) is 0 Å². The lowest BCUT2D eigenvalue weighted by molar-refractivity contribution is -0.140. The van der Waals surface area contributed by atoms with Crippen molar-refractivity contribution >= 4 is 22.7 Å². The van der Waals surface area contributed by atoms with Crippen molar-refractivity contribution in [1.82, 2.24) is 20.1 Å². The summed E-state index contributed by atoms with van der Waals surface area (Å²) in [5, 5.41) is 7.29. The van der Waals surface area contributed by atoms with Crippen molar-refractivity contribution in [1.29, 1.82) is 0 Å². The molecule has 6 heteroatoms. The molecule has 0 saturated heterocycles. The van der Waals surface area contributed by atoms with E-state index in [1.165, 1.54) is 0 Å². The first kappa shape index (κ1) is 22.9. The van der Waals surface area contributed by atoms with Crippen LogP contribution in [0.3, 0.4) is 0 Å². The molecule has 2 unspecified atom stereocenters. The van der Waals surface area contributed by atoms with Gasteiger partial charge in [0, 0.05) is 37.2 Å². The Hall–Kier alpha value is -2.34. The fourth-order valence-electron chi connectivity index (χ4n) is 3.48. The summed E-state index contributed by atoms with van der Waals surface area (Å²) in [5.41, 5.74) is 1.85. The van der Waals surface area contributed by atoms with Gasteiger partial charge in [-0.05, 0) is 44.4 Å². The van der Waals surface area contributed by atoms with Crippen LogP contribution in [0.5, 0.6) is 0 Å². The van der Waals surface area contributed by atoms with Gasteiger partial charge >= 0.3 is 0 Å². The fourth-order valence-corrected chi connectivity index (χ4v) is 3.48. The number of benzene rings is 1. The van der Waals surface area contributed by atoms with E-state index in [1.807, 2.05) is 53.8 Å². The molecule has 0 aliphatic carbocycles. The maximum absolute atomic E-state index is 13.1. The number of aryl methyl sites for hydroxylation is 1. The second kappa shape index (κ2) is 8.99. The minimum atomic E-state index is -0.592. The Labute approximate surface area is 174 Å². The van der Waals surface area contributed by atoms with E-state index in [1.54, 1.807) is 19.0 Å². The minimum Gasteiger partial charge on any atom is -0.350 e. The first-order valence-electron chi connectivity index (χ1n) is 10.2. The summed E-state index contributed by atoms with van der Waals surface area (Å²) in [6.07, 6.45) is 2.62. The first-order valence-corrected chi connectivity index (χ1v) is 10.2. The zero-order valence-corrected chi connectivity index (χ0v) is 19.0. The summed E-state index contributed by atoms with van der Waals surface area (Å²) in [5.74, 6) is -0.230. The zero-order chi connectivity index (χ0) is 21.9. The minimum absolute atomic E-state index is 0.0686. The van der Waals surface area contributed by atoms with Crippen molar-refractivity contribution < 1.29 is 9.59 Å². The highest BCUT2D eigenvalue weighted by Crippen LogP contribution is 2.23. The van der Waals surface area contributed by atoms with Crippen LogP contribution < -0.4 is 10.6 Å². The number of fused-ring (bicyclic) bond motifs is 1. The third kappa shape index (κ3) is 5.18. The van der Waals surface area contributed by atoms with Crippen LogP contribution in [0.1, 0.15) is 40.2 Å². The smallest absolute Gasteiger partial charge is 0.245 e. The number of likely N-dealkylation sites (N-methyl/N-ethyl adjacent to an activating group) is 2. The highest BCUT2D eigenvalue weighted by atomic mass is 16.2.